The molecule has 174 valence electrons. The van der Waals surface area contributed by atoms with Gasteiger partial charge in [-0.1, -0.05) is 35.0 Å². The lowest BCUT2D eigenvalue weighted by Gasteiger charge is -2.18. The summed E-state index contributed by atoms with van der Waals surface area (Å²) in [6.07, 6.45) is 1.87. The molecule has 0 saturated carbocycles. The van der Waals surface area contributed by atoms with E-state index in [1.807, 2.05) is 38.1 Å². The predicted molar refractivity (Wildman–Crippen MR) is 140 cm³/mol. The van der Waals surface area contributed by atoms with E-state index >= 15 is 0 Å². The van der Waals surface area contributed by atoms with Crippen LogP contribution in [0.25, 0.3) is 21.3 Å². The van der Waals surface area contributed by atoms with Crippen molar-refractivity contribution >= 4 is 60.7 Å². The van der Waals surface area contributed by atoms with Crippen molar-refractivity contribution in [3.63, 3.8) is 0 Å². The number of thiophene rings is 1. The molecule has 1 unspecified atom stereocenters. The van der Waals surface area contributed by atoms with E-state index in [4.69, 9.17) is 0 Å². The van der Waals surface area contributed by atoms with E-state index in [1.54, 1.807) is 24.3 Å². The van der Waals surface area contributed by atoms with Gasteiger partial charge < -0.3 is 10.6 Å². The molecule has 7 nitrogen and oxygen atoms in total. The van der Waals surface area contributed by atoms with E-state index in [9.17, 15) is 14.4 Å². The Labute approximate surface area is 209 Å². The number of carbonyl (C=O) groups is 2. The van der Waals surface area contributed by atoms with E-state index in [2.05, 4.69) is 31.5 Å². The van der Waals surface area contributed by atoms with E-state index in [-0.39, 0.29) is 17.4 Å². The summed E-state index contributed by atoms with van der Waals surface area (Å²) in [5.74, 6) is -0.480. The second kappa shape index (κ2) is 9.90. The van der Waals surface area contributed by atoms with Gasteiger partial charge in [0.25, 0.3) is 5.56 Å². The summed E-state index contributed by atoms with van der Waals surface area (Å²) in [6.45, 7) is 5.26. The fourth-order valence-corrected chi connectivity index (χ4v) is 5.14. The molecule has 2 aromatic heterocycles. The summed E-state index contributed by atoms with van der Waals surface area (Å²) < 4.78 is 2.37. The van der Waals surface area contributed by atoms with Crippen LogP contribution in [-0.2, 0) is 9.59 Å². The Morgan fingerprint density at radius 3 is 2.26 bits per heavy atom. The molecule has 1 atom stereocenters. The van der Waals surface area contributed by atoms with Crippen molar-refractivity contribution in [2.45, 2.75) is 33.2 Å². The van der Waals surface area contributed by atoms with Crippen molar-refractivity contribution in [3.8, 4) is 11.1 Å². The molecule has 2 amide bonds. The van der Waals surface area contributed by atoms with Crippen LogP contribution < -0.4 is 16.2 Å². The maximum Gasteiger partial charge on any atom is 0.263 e. The zero-order valence-electron chi connectivity index (χ0n) is 18.9. The number of rotatable bonds is 6. The second-order valence-electron chi connectivity index (χ2n) is 7.85. The molecule has 0 aliphatic heterocycles. The average molecular weight is 539 g/mol. The molecule has 4 aromatic rings. The number of aryl methyl sites for hydroxylation is 1. The van der Waals surface area contributed by atoms with Gasteiger partial charge in [0, 0.05) is 33.2 Å². The zero-order chi connectivity index (χ0) is 24.4. The Morgan fingerprint density at radius 2 is 1.68 bits per heavy atom. The molecule has 0 saturated heterocycles. The highest BCUT2D eigenvalue weighted by Crippen LogP contribution is 2.36. The highest BCUT2D eigenvalue weighted by molar-refractivity contribution is 9.10. The number of carbonyl (C=O) groups excluding carboxylic acids is 2. The van der Waals surface area contributed by atoms with Crippen LogP contribution in [0.4, 0.5) is 11.4 Å². The molecular formula is C25H23BrN4O3S. The molecule has 2 aromatic carbocycles. The van der Waals surface area contributed by atoms with Crippen molar-refractivity contribution in [1.29, 1.82) is 0 Å². The molecule has 2 N–H and O–H groups in total. The number of anilines is 2. The Morgan fingerprint density at radius 1 is 1.06 bits per heavy atom. The molecule has 0 spiro atoms. The summed E-state index contributed by atoms with van der Waals surface area (Å²) in [4.78, 5) is 44.1. The van der Waals surface area contributed by atoms with Crippen LogP contribution in [-0.4, -0.2) is 21.4 Å². The minimum Gasteiger partial charge on any atom is -0.326 e. The number of benzene rings is 2. The number of nitrogens with zero attached hydrogens (tertiary/aromatic N) is 2. The monoisotopic (exact) mass is 538 g/mol. The Balaban J connectivity index is 1.68. The van der Waals surface area contributed by atoms with Gasteiger partial charge in [-0.3, -0.25) is 19.0 Å². The molecule has 0 aliphatic carbocycles. The zero-order valence-corrected chi connectivity index (χ0v) is 21.3. The first-order chi connectivity index (χ1) is 16.3. The van der Waals surface area contributed by atoms with Gasteiger partial charge >= 0.3 is 0 Å². The lowest BCUT2D eigenvalue weighted by molar-refractivity contribution is -0.119. The molecule has 4 rings (SSSR count). The largest absolute Gasteiger partial charge is 0.326 e. The van der Waals surface area contributed by atoms with Crippen molar-refractivity contribution in [3.05, 3.63) is 74.6 Å². The highest BCUT2D eigenvalue weighted by Gasteiger charge is 2.24. The predicted octanol–water partition coefficient (Wildman–Crippen LogP) is 5.74. The molecule has 0 bridgehead atoms. The van der Waals surface area contributed by atoms with E-state index in [1.165, 1.54) is 29.2 Å². The van der Waals surface area contributed by atoms with E-state index in [0.717, 1.165) is 20.5 Å². The second-order valence-corrected chi connectivity index (χ2v) is 9.97. The van der Waals surface area contributed by atoms with Gasteiger partial charge in [0.2, 0.25) is 11.8 Å². The maximum absolute atomic E-state index is 13.6. The molecule has 0 radical (unpaired) electrons. The summed E-state index contributed by atoms with van der Waals surface area (Å²) in [5.41, 5.74) is 2.75. The fourth-order valence-electron chi connectivity index (χ4n) is 3.88. The van der Waals surface area contributed by atoms with Crippen LogP contribution in [0, 0.1) is 6.92 Å². The third-order valence-electron chi connectivity index (χ3n) is 5.44. The fraction of sp³-hybridized carbons (Fsp3) is 0.200. The van der Waals surface area contributed by atoms with Crippen molar-refractivity contribution < 1.29 is 9.59 Å². The maximum atomic E-state index is 13.6. The molecular weight excluding hydrogens is 516 g/mol. The number of hydrogen-bond donors (Lipinski definition) is 2. The van der Waals surface area contributed by atoms with E-state index in [0.29, 0.717) is 28.0 Å². The van der Waals surface area contributed by atoms with Crippen LogP contribution in [0.2, 0.25) is 0 Å². The van der Waals surface area contributed by atoms with Crippen molar-refractivity contribution in [2.24, 2.45) is 0 Å². The number of aromatic nitrogens is 2. The normalized spacial score (nSPS) is 11.9. The quantitative estimate of drug-likeness (QED) is 0.327. The third kappa shape index (κ3) is 4.80. The van der Waals surface area contributed by atoms with Gasteiger partial charge in [0.1, 0.15) is 10.9 Å². The van der Waals surface area contributed by atoms with Crippen LogP contribution in [0.1, 0.15) is 31.2 Å². The van der Waals surface area contributed by atoms with Crippen LogP contribution in [0.3, 0.4) is 0 Å². The van der Waals surface area contributed by atoms with Gasteiger partial charge in [0.15, 0.2) is 0 Å². The van der Waals surface area contributed by atoms with Crippen LogP contribution in [0.5, 0.6) is 0 Å². The number of fused-ring (bicyclic) bond motifs is 1. The molecule has 0 fully saturated rings. The SMILES string of the molecule is CCC(C(=O)Nc1ccc(NC(C)=O)cc1)n1cnc2sc(C)c(-c3ccc(Br)cc3)c2c1=O. The molecule has 9 heteroatoms. The Hall–Kier alpha value is -3.30. The lowest BCUT2D eigenvalue weighted by atomic mass is 10.0. The Bertz CT molecular complexity index is 1430. The summed E-state index contributed by atoms with van der Waals surface area (Å²) in [7, 11) is 0. The average Bonchev–Trinajstić information content (AvgIpc) is 3.14. The van der Waals surface area contributed by atoms with Gasteiger partial charge in [-0.25, -0.2) is 4.98 Å². The number of halogens is 1. The number of amides is 2. The standard InChI is InChI=1S/C25H23BrN4O3S/c1-4-20(23(32)29-19-11-9-18(10-12-19)28-15(3)31)30-13-27-24-22(25(30)33)21(14(2)34-24)16-5-7-17(26)8-6-16/h5-13,20H,4H2,1-3H3,(H,28,31)(H,29,32). The number of nitrogens with one attached hydrogen (secondary N) is 2. The highest BCUT2D eigenvalue weighted by atomic mass is 79.9. The molecule has 2 heterocycles. The van der Waals surface area contributed by atoms with Crippen LogP contribution in [0.15, 0.2) is 64.1 Å². The lowest BCUT2D eigenvalue weighted by Crippen LogP contribution is -2.33. The van der Waals surface area contributed by atoms with Crippen molar-refractivity contribution in [2.75, 3.05) is 10.6 Å². The third-order valence-corrected chi connectivity index (χ3v) is 6.99. The van der Waals surface area contributed by atoms with Gasteiger partial charge in [0.05, 0.1) is 11.7 Å². The smallest absolute Gasteiger partial charge is 0.263 e. The summed E-state index contributed by atoms with van der Waals surface area (Å²) in [6, 6.07) is 13.9. The molecule has 34 heavy (non-hydrogen) atoms. The first kappa shape index (κ1) is 23.8. The first-order valence-corrected chi connectivity index (χ1v) is 12.3. The van der Waals surface area contributed by atoms with Crippen LogP contribution >= 0.6 is 27.3 Å². The minimum absolute atomic E-state index is 0.170. The minimum atomic E-state index is -0.725. The summed E-state index contributed by atoms with van der Waals surface area (Å²) >= 11 is 4.92. The van der Waals surface area contributed by atoms with Gasteiger partial charge in [-0.15, -0.1) is 11.3 Å². The Kier molecular flexibility index (Phi) is 6.95. The first-order valence-electron chi connectivity index (χ1n) is 10.7. The topological polar surface area (TPSA) is 93.1 Å². The van der Waals surface area contributed by atoms with E-state index < -0.39 is 6.04 Å². The van der Waals surface area contributed by atoms with Gasteiger partial charge in [-0.05, 0) is 55.3 Å². The van der Waals surface area contributed by atoms with Crippen molar-refractivity contribution in [1.82, 2.24) is 9.55 Å². The number of hydrogen-bond acceptors (Lipinski definition) is 5. The van der Waals surface area contributed by atoms with Gasteiger partial charge in [-0.2, -0.15) is 0 Å². The summed E-state index contributed by atoms with van der Waals surface area (Å²) in [5, 5.41) is 6.08. The molecule has 0 aliphatic rings.